The monoisotopic (exact) mass is 618 g/mol. The molecule has 0 bridgehead atoms. The number of aliphatic hydroxyl groups excluding tert-OH is 1. The molecule has 2 aliphatic rings. The fraction of sp³-hybridized carbons (Fsp3) is 0.270. The second kappa shape index (κ2) is 9.92. The SMILES string of the molecule is CC(C)=CC[C@@]1(O)C(=O)C([C@@H]2CC(C)(C)Oc3cc(O)c4c(=O)c5ccccc5[nH]c4c32)=C(O)c2c1n(C)c1ccccc1c2=O. The Morgan fingerprint density at radius 3 is 2.41 bits per heavy atom. The van der Waals surface area contributed by atoms with E-state index in [4.69, 9.17) is 4.74 Å². The number of rotatable bonds is 3. The second-order valence-corrected chi connectivity index (χ2v) is 13.2. The van der Waals surface area contributed by atoms with Crippen molar-refractivity contribution in [3.63, 3.8) is 0 Å². The molecular weight excluding hydrogens is 584 g/mol. The molecular formula is C37H34N2O7. The van der Waals surface area contributed by atoms with E-state index in [0.29, 0.717) is 27.4 Å². The quantitative estimate of drug-likeness (QED) is 0.144. The van der Waals surface area contributed by atoms with Crippen molar-refractivity contribution < 1.29 is 24.9 Å². The van der Waals surface area contributed by atoms with E-state index in [1.54, 1.807) is 66.2 Å². The fourth-order valence-electron chi connectivity index (χ4n) is 7.32. The van der Waals surface area contributed by atoms with Crippen LogP contribution in [0.4, 0.5) is 0 Å². The molecule has 9 heteroatoms. The van der Waals surface area contributed by atoms with Crippen LogP contribution in [0, 0.1) is 0 Å². The number of aryl methyl sites for hydroxylation is 1. The normalized spacial score (nSPS) is 20.5. The number of H-pyrrole nitrogens is 1. The number of ether oxygens (including phenoxy) is 1. The summed E-state index contributed by atoms with van der Waals surface area (Å²) in [5.74, 6) is -2.29. The lowest BCUT2D eigenvalue weighted by molar-refractivity contribution is -0.135. The number of hydrogen-bond donors (Lipinski definition) is 4. The molecule has 0 saturated carbocycles. The Morgan fingerprint density at radius 1 is 1.02 bits per heavy atom. The van der Waals surface area contributed by atoms with Crippen LogP contribution in [-0.2, 0) is 17.4 Å². The van der Waals surface area contributed by atoms with Gasteiger partial charge in [0.2, 0.25) is 16.6 Å². The zero-order valence-electron chi connectivity index (χ0n) is 26.2. The first-order valence-corrected chi connectivity index (χ1v) is 15.2. The number of carbonyl (C=O) groups excluding carboxylic acids is 1. The molecule has 5 aromatic rings. The Bertz CT molecular complexity index is 2350. The van der Waals surface area contributed by atoms with Crippen LogP contribution in [0.15, 0.2) is 81.4 Å². The lowest BCUT2D eigenvalue weighted by Gasteiger charge is -2.42. The number of nitrogens with zero attached hydrogens (tertiary/aromatic N) is 1. The average Bonchev–Trinajstić information content (AvgIpc) is 3.00. The molecule has 0 fully saturated rings. The number of ketones is 1. The highest BCUT2D eigenvalue weighted by Gasteiger charge is 2.53. The van der Waals surface area contributed by atoms with Gasteiger partial charge in [-0.2, -0.15) is 0 Å². The minimum Gasteiger partial charge on any atom is -0.507 e. The number of nitrogens with one attached hydrogen (secondary N) is 1. The van der Waals surface area contributed by atoms with Crippen LogP contribution < -0.4 is 15.6 Å². The molecule has 0 unspecified atom stereocenters. The lowest BCUT2D eigenvalue weighted by atomic mass is 9.69. The van der Waals surface area contributed by atoms with Crippen molar-refractivity contribution in [1.82, 2.24) is 9.55 Å². The molecule has 1 aliphatic carbocycles. The minimum absolute atomic E-state index is 0.0104. The number of fused-ring (bicyclic) bond motifs is 6. The molecule has 0 saturated heterocycles. The smallest absolute Gasteiger partial charge is 0.201 e. The molecule has 9 nitrogen and oxygen atoms in total. The molecule has 3 aromatic carbocycles. The van der Waals surface area contributed by atoms with Gasteiger partial charge in [-0.1, -0.05) is 35.9 Å². The first kappa shape index (κ1) is 29.6. The van der Waals surface area contributed by atoms with E-state index < -0.39 is 39.5 Å². The van der Waals surface area contributed by atoms with Crippen LogP contribution in [0.1, 0.15) is 63.3 Å². The first-order chi connectivity index (χ1) is 21.7. The Labute approximate surface area is 263 Å². The van der Waals surface area contributed by atoms with Gasteiger partial charge in [-0.05, 0) is 58.4 Å². The molecule has 0 spiro atoms. The van der Waals surface area contributed by atoms with E-state index in [-0.39, 0.29) is 52.1 Å². The zero-order chi connectivity index (χ0) is 32.9. The van der Waals surface area contributed by atoms with E-state index in [1.807, 2.05) is 27.7 Å². The van der Waals surface area contributed by atoms with Gasteiger partial charge in [0.05, 0.1) is 27.7 Å². The number of aromatic hydroxyl groups is 1. The third-order valence-electron chi connectivity index (χ3n) is 9.37. The molecule has 46 heavy (non-hydrogen) atoms. The van der Waals surface area contributed by atoms with E-state index in [9.17, 15) is 29.7 Å². The maximum Gasteiger partial charge on any atom is 0.201 e. The topological polar surface area (TPSA) is 142 Å². The molecule has 1 aliphatic heterocycles. The molecule has 3 heterocycles. The summed E-state index contributed by atoms with van der Waals surface area (Å²) in [7, 11) is 1.67. The molecule has 7 rings (SSSR count). The molecule has 2 atom stereocenters. The van der Waals surface area contributed by atoms with Crippen molar-refractivity contribution in [3.8, 4) is 11.5 Å². The van der Waals surface area contributed by atoms with E-state index >= 15 is 0 Å². The lowest BCUT2D eigenvalue weighted by Crippen LogP contribution is -2.47. The third-order valence-corrected chi connectivity index (χ3v) is 9.37. The van der Waals surface area contributed by atoms with Crippen LogP contribution in [0.3, 0.4) is 0 Å². The summed E-state index contributed by atoms with van der Waals surface area (Å²) in [4.78, 5) is 46.0. The summed E-state index contributed by atoms with van der Waals surface area (Å²) in [6.07, 6.45) is 1.75. The number of aromatic amines is 1. The van der Waals surface area contributed by atoms with Crippen molar-refractivity contribution in [2.24, 2.45) is 7.05 Å². The molecule has 234 valence electrons. The maximum absolute atomic E-state index is 14.9. The summed E-state index contributed by atoms with van der Waals surface area (Å²) in [6, 6.07) is 15.1. The number of aromatic nitrogens is 2. The number of allylic oxidation sites excluding steroid dienone is 1. The maximum atomic E-state index is 14.9. The molecule has 0 amide bonds. The van der Waals surface area contributed by atoms with Gasteiger partial charge in [-0.15, -0.1) is 0 Å². The van der Waals surface area contributed by atoms with Gasteiger partial charge >= 0.3 is 0 Å². The van der Waals surface area contributed by atoms with Gasteiger partial charge in [0.15, 0.2) is 5.60 Å². The fourth-order valence-corrected chi connectivity index (χ4v) is 7.32. The van der Waals surface area contributed by atoms with Crippen molar-refractivity contribution in [2.45, 2.75) is 57.7 Å². The van der Waals surface area contributed by atoms with Gasteiger partial charge in [-0.3, -0.25) is 14.4 Å². The van der Waals surface area contributed by atoms with Crippen molar-refractivity contribution in [3.05, 3.63) is 109 Å². The van der Waals surface area contributed by atoms with Gasteiger partial charge < -0.3 is 29.6 Å². The molecule has 4 N–H and O–H groups in total. The second-order valence-electron chi connectivity index (χ2n) is 13.2. The number of aliphatic hydroxyl groups is 2. The molecule has 2 aromatic heterocycles. The number of hydrogen-bond acceptors (Lipinski definition) is 7. The summed E-state index contributed by atoms with van der Waals surface area (Å²) in [6.45, 7) is 7.33. The highest BCUT2D eigenvalue weighted by molar-refractivity contribution is 6.13. The predicted molar refractivity (Wildman–Crippen MR) is 177 cm³/mol. The van der Waals surface area contributed by atoms with E-state index in [2.05, 4.69) is 4.98 Å². The average molecular weight is 619 g/mol. The van der Waals surface area contributed by atoms with Gasteiger partial charge in [-0.25, -0.2) is 0 Å². The number of Topliss-reactive ketones (excluding diaryl/α,β-unsaturated/α-hetero) is 1. The number of phenolic OH excluding ortho intramolecular Hbond substituents is 1. The van der Waals surface area contributed by atoms with E-state index in [1.165, 1.54) is 6.07 Å². The summed E-state index contributed by atoms with van der Waals surface area (Å²) >= 11 is 0. The number of para-hydroxylation sites is 2. The number of phenols is 1. The number of benzene rings is 3. The highest BCUT2D eigenvalue weighted by Crippen LogP contribution is 2.53. The Balaban J connectivity index is 1.62. The zero-order valence-corrected chi connectivity index (χ0v) is 26.2. The van der Waals surface area contributed by atoms with Gasteiger partial charge in [0.1, 0.15) is 22.9 Å². The summed E-state index contributed by atoms with van der Waals surface area (Å²) < 4.78 is 7.92. The summed E-state index contributed by atoms with van der Waals surface area (Å²) in [5.41, 5.74) is -1.82. The van der Waals surface area contributed by atoms with Gasteiger partial charge in [0, 0.05) is 52.9 Å². The largest absolute Gasteiger partial charge is 0.507 e. The molecule has 0 radical (unpaired) electrons. The Kier molecular flexibility index (Phi) is 6.38. The van der Waals surface area contributed by atoms with Crippen LogP contribution in [0.2, 0.25) is 0 Å². The standard InChI is InChI=1S/C37H34N2O7/c1-18(2)14-15-37(45)34-29(32(42)20-11-7-9-13-23(20)39(34)5)33(43)27(35(37)44)21-17-36(3,4)46-25-16-24(40)28-30(26(21)25)38-22-12-8-6-10-19(22)31(28)41/h6-14,16,21,40,43,45H,15,17H2,1-5H3,(H,38,41)/t21-,37+/m1/s1. The predicted octanol–water partition coefficient (Wildman–Crippen LogP) is 5.98. The Hall–Kier alpha value is -5.15. The van der Waals surface area contributed by atoms with Crippen molar-refractivity contribution in [1.29, 1.82) is 0 Å². The van der Waals surface area contributed by atoms with Crippen LogP contribution in [0.5, 0.6) is 11.5 Å². The van der Waals surface area contributed by atoms with Crippen LogP contribution >= 0.6 is 0 Å². The Morgan fingerprint density at radius 2 is 1.70 bits per heavy atom. The van der Waals surface area contributed by atoms with E-state index in [0.717, 1.165) is 5.57 Å². The van der Waals surface area contributed by atoms with Crippen LogP contribution in [0.25, 0.3) is 38.5 Å². The summed E-state index contributed by atoms with van der Waals surface area (Å²) in [5, 5.41) is 36.5. The van der Waals surface area contributed by atoms with Crippen molar-refractivity contribution >= 4 is 44.3 Å². The number of carbonyl (C=O) groups is 1. The van der Waals surface area contributed by atoms with Crippen molar-refractivity contribution in [2.75, 3.05) is 0 Å². The first-order valence-electron chi connectivity index (χ1n) is 15.2. The third kappa shape index (κ3) is 4.08. The van der Waals surface area contributed by atoms with Gasteiger partial charge in [0.25, 0.3) is 0 Å². The number of pyridine rings is 2. The minimum atomic E-state index is -2.21. The highest BCUT2D eigenvalue weighted by atomic mass is 16.5. The van der Waals surface area contributed by atoms with Crippen LogP contribution in [-0.4, -0.2) is 36.3 Å².